The normalized spacial score (nSPS) is 13.5. The number of carbonyl (C=O) groups excluding carboxylic acids is 5. The lowest BCUT2D eigenvalue weighted by Gasteiger charge is -2.33. The zero-order valence-electron chi connectivity index (χ0n) is 26.2. The number of primary amides is 2. The van der Waals surface area contributed by atoms with Gasteiger partial charge in [0, 0.05) is 18.5 Å². The number of phenols is 1. The van der Waals surface area contributed by atoms with Gasteiger partial charge in [0.2, 0.25) is 23.6 Å². The van der Waals surface area contributed by atoms with Crippen LogP contribution in [0.1, 0.15) is 30.0 Å². The maximum atomic E-state index is 13.9. The highest BCUT2D eigenvalue weighted by Gasteiger charge is 2.39. The molecule has 0 aliphatic rings. The predicted molar refractivity (Wildman–Crippen MR) is 174 cm³/mol. The molecule has 0 aromatic heterocycles. The minimum atomic E-state index is -4.84. The quantitative estimate of drug-likeness (QED) is 0.0718. The Hall–Kier alpha value is -5.64. The van der Waals surface area contributed by atoms with Crippen LogP contribution in [0.2, 0.25) is 0 Å². The minimum absolute atomic E-state index is 0.0626. The second kappa shape index (κ2) is 16.5. The smallest absolute Gasteiger partial charge is 0.508 e. The molecule has 0 aliphatic carbocycles. The second-order valence-corrected chi connectivity index (χ2v) is 12.4. The predicted octanol–water partition coefficient (Wildman–Crippen LogP) is 0.247. The monoisotopic (exact) mass is 700 g/mol. The summed E-state index contributed by atoms with van der Waals surface area (Å²) < 4.78 is 21.0. The molecule has 0 radical (unpaired) electrons. The van der Waals surface area contributed by atoms with E-state index < -0.39 is 61.6 Å². The van der Waals surface area contributed by atoms with Crippen LogP contribution in [0.4, 0.5) is 10.5 Å². The Morgan fingerprint density at radius 3 is 2.08 bits per heavy atom. The minimum Gasteiger partial charge on any atom is -0.508 e. The first-order chi connectivity index (χ1) is 22.9. The van der Waals surface area contributed by atoms with Gasteiger partial charge in [0.05, 0.1) is 6.42 Å². The highest BCUT2D eigenvalue weighted by Crippen LogP contribution is 2.37. The zero-order chi connectivity index (χ0) is 36.4. The Morgan fingerprint density at radius 1 is 0.878 bits per heavy atom. The van der Waals surface area contributed by atoms with E-state index in [1.54, 1.807) is 24.3 Å². The van der Waals surface area contributed by atoms with Crippen LogP contribution in [-0.4, -0.2) is 62.2 Å². The van der Waals surface area contributed by atoms with Gasteiger partial charge in [-0.15, -0.1) is 0 Å². The number of hydrogen-bond acceptors (Lipinski definition) is 10. The molecule has 3 aromatic carbocycles. The average molecular weight is 701 g/mol. The van der Waals surface area contributed by atoms with Gasteiger partial charge < -0.3 is 47.5 Å². The Labute approximate surface area is 280 Å². The van der Waals surface area contributed by atoms with Crippen LogP contribution in [0.5, 0.6) is 11.5 Å². The first kappa shape index (κ1) is 37.8. The molecule has 0 saturated carbocycles. The fourth-order valence-electron chi connectivity index (χ4n) is 4.59. The van der Waals surface area contributed by atoms with Gasteiger partial charge in [-0.3, -0.25) is 29.0 Å². The summed E-state index contributed by atoms with van der Waals surface area (Å²) >= 11 is 0. The molecule has 262 valence electrons. The summed E-state index contributed by atoms with van der Waals surface area (Å²) in [5.74, 6) is -4.02. The molecule has 0 spiro atoms. The molecule has 3 aromatic rings. The number of ether oxygens (including phenoxy) is 1. The SMILES string of the molecule is C[C@@](Cc1ccc(O)cc1)(NC(=O)[C@H](Cc1ccc(OP(=O)(O)O)cc1)NC(=O)OCc1cccc(N)c1)C(=O)N[C@@H](CC(N)=O)C(N)=O. The first-order valence-electron chi connectivity index (χ1n) is 14.5. The van der Waals surface area contributed by atoms with Gasteiger partial charge in [0.25, 0.3) is 0 Å². The molecule has 0 saturated heterocycles. The summed E-state index contributed by atoms with van der Waals surface area (Å²) in [6, 6.07) is 14.6. The third-order valence-corrected chi connectivity index (χ3v) is 7.41. The summed E-state index contributed by atoms with van der Waals surface area (Å²) in [5, 5.41) is 17.1. The summed E-state index contributed by atoms with van der Waals surface area (Å²) in [4.78, 5) is 82.2. The molecular formula is C31H37N6O11P. The number of amides is 5. The topological polar surface area (TPSA) is 296 Å². The fourth-order valence-corrected chi connectivity index (χ4v) is 4.98. The molecule has 17 nitrogen and oxygen atoms in total. The number of rotatable bonds is 16. The van der Waals surface area contributed by atoms with Crippen molar-refractivity contribution in [2.45, 2.75) is 50.4 Å². The number of hydrogen-bond donors (Lipinski definition) is 9. The standard InChI is InChI=1S/C31H37N6O11P/c1-31(16-19-5-9-22(38)10-6-19,29(42)35-24(27(34)40)15-26(33)39)37-28(41)25(14-18-7-11-23(12-8-18)48-49(44,45)46)36-30(43)47-17-20-3-2-4-21(32)13-20/h2-13,24-25,38H,14-17,32H2,1H3,(H2,33,39)(H2,34,40)(H,35,42)(H,36,43)(H,37,41)(H2,44,45,46)/t24-,25-,31-/m0/s1. The first-order valence-corrected chi connectivity index (χ1v) is 16.1. The van der Waals surface area contributed by atoms with Crippen molar-refractivity contribution in [3.05, 3.63) is 89.5 Å². The molecule has 0 heterocycles. The van der Waals surface area contributed by atoms with Crippen LogP contribution in [0.15, 0.2) is 72.8 Å². The van der Waals surface area contributed by atoms with Gasteiger partial charge in [-0.25, -0.2) is 9.36 Å². The Bertz CT molecular complexity index is 1720. The number of nitrogen functional groups attached to an aromatic ring is 1. The average Bonchev–Trinajstić information content (AvgIpc) is 3.00. The van der Waals surface area contributed by atoms with Gasteiger partial charge in [-0.1, -0.05) is 36.4 Å². The van der Waals surface area contributed by atoms with E-state index >= 15 is 0 Å². The fraction of sp³-hybridized carbons (Fsp3) is 0.258. The summed E-state index contributed by atoms with van der Waals surface area (Å²) in [5.41, 5.74) is 16.4. The third kappa shape index (κ3) is 12.5. The van der Waals surface area contributed by atoms with E-state index in [2.05, 4.69) is 20.5 Å². The van der Waals surface area contributed by atoms with Crippen molar-refractivity contribution >= 4 is 43.2 Å². The molecule has 18 heteroatoms. The molecule has 12 N–H and O–H groups in total. The van der Waals surface area contributed by atoms with Crippen molar-refractivity contribution in [2.75, 3.05) is 5.73 Å². The van der Waals surface area contributed by atoms with E-state index in [0.717, 1.165) is 0 Å². The Balaban J connectivity index is 1.92. The molecule has 0 aliphatic heterocycles. The molecule has 0 bridgehead atoms. The summed E-state index contributed by atoms with van der Waals surface area (Å²) in [7, 11) is -4.84. The van der Waals surface area contributed by atoms with Crippen LogP contribution in [0, 0.1) is 0 Å². The van der Waals surface area contributed by atoms with Crippen LogP contribution in [0.3, 0.4) is 0 Å². The maximum absolute atomic E-state index is 13.9. The number of benzene rings is 3. The van der Waals surface area contributed by atoms with Gasteiger partial charge in [-0.2, -0.15) is 0 Å². The second-order valence-electron chi connectivity index (χ2n) is 11.2. The molecule has 3 atom stereocenters. The van der Waals surface area contributed by atoms with E-state index in [0.29, 0.717) is 22.4 Å². The number of aromatic hydroxyl groups is 1. The van der Waals surface area contributed by atoms with Gasteiger partial charge in [0.15, 0.2) is 0 Å². The number of phosphoric ester groups is 1. The molecule has 0 unspecified atom stereocenters. The van der Waals surface area contributed by atoms with Crippen LogP contribution in [-0.2, 0) is 47.9 Å². The van der Waals surface area contributed by atoms with E-state index in [-0.39, 0.29) is 30.9 Å². The lowest BCUT2D eigenvalue weighted by molar-refractivity contribution is -0.136. The van der Waals surface area contributed by atoms with Crippen LogP contribution in [0.25, 0.3) is 0 Å². The summed E-state index contributed by atoms with van der Waals surface area (Å²) in [6.45, 7) is 1.13. The molecule has 49 heavy (non-hydrogen) atoms. The van der Waals surface area contributed by atoms with Crippen molar-refractivity contribution in [1.82, 2.24) is 16.0 Å². The van der Waals surface area contributed by atoms with E-state index in [9.17, 15) is 33.6 Å². The van der Waals surface area contributed by atoms with E-state index in [1.807, 2.05) is 0 Å². The van der Waals surface area contributed by atoms with Crippen molar-refractivity contribution in [1.29, 1.82) is 0 Å². The molecule has 3 rings (SSSR count). The largest absolute Gasteiger partial charge is 0.524 e. The third-order valence-electron chi connectivity index (χ3n) is 6.97. The van der Waals surface area contributed by atoms with E-state index in [1.165, 1.54) is 55.5 Å². The Kier molecular flexibility index (Phi) is 12.7. The molecular weight excluding hydrogens is 663 g/mol. The van der Waals surface area contributed by atoms with Crippen molar-refractivity contribution in [3.8, 4) is 11.5 Å². The van der Waals surface area contributed by atoms with Crippen LogP contribution >= 0.6 is 7.82 Å². The zero-order valence-corrected chi connectivity index (χ0v) is 27.1. The number of nitrogens with two attached hydrogens (primary N) is 3. The highest BCUT2D eigenvalue weighted by atomic mass is 31.2. The maximum Gasteiger partial charge on any atom is 0.524 e. The number of nitrogens with one attached hydrogen (secondary N) is 3. The summed E-state index contributed by atoms with van der Waals surface area (Å²) in [6.07, 6.45) is -2.04. The van der Waals surface area contributed by atoms with E-state index in [4.69, 9.17) is 31.7 Å². The van der Waals surface area contributed by atoms with Gasteiger partial charge >= 0.3 is 13.9 Å². The molecule has 5 amide bonds. The van der Waals surface area contributed by atoms with Gasteiger partial charge in [-0.05, 0) is 60.0 Å². The highest BCUT2D eigenvalue weighted by molar-refractivity contribution is 7.46. The van der Waals surface area contributed by atoms with Crippen molar-refractivity contribution < 1.29 is 52.7 Å². The lowest BCUT2D eigenvalue weighted by atomic mass is 9.90. The number of phenolic OH excluding ortho intramolecular Hbond substituents is 1. The number of phosphoric acid groups is 1. The Morgan fingerprint density at radius 2 is 1.51 bits per heavy atom. The van der Waals surface area contributed by atoms with Gasteiger partial charge in [0.1, 0.15) is 35.7 Å². The molecule has 0 fully saturated rings. The number of alkyl carbamates (subject to hydrolysis) is 1. The van der Waals surface area contributed by atoms with Crippen molar-refractivity contribution in [2.24, 2.45) is 11.5 Å². The van der Waals surface area contributed by atoms with Crippen molar-refractivity contribution in [3.63, 3.8) is 0 Å². The lowest BCUT2D eigenvalue weighted by Crippen LogP contribution is -2.64. The number of carbonyl (C=O) groups is 5. The number of anilines is 1. The van der Waals surface area contributed by atoms with Crippen LogP contribution < -0.4 is 37.7 Å².